The molecule has 184 valence electrons. The van der Waals surface area contributed by atoms with Crippen molar-refractivity contribution < 1.29 is 9.13 Å². The van der Waals surface area contributed by atoms with Gasteiger partial charge in [0, 0.05) is 28.9 Å². The molecule has 0 aliphatic carbocycles. The van der Waals surface area contributed by atoms with Crippen LogP contribution in [0, 0.1) is 5.82 Å². The molecule has 2 N–H and O–H groups in total. The topological polar surface area (TPSA) is 81.3 Å². The van der Waals surface area contributed by atoms with Gasteiger partial charge < -0.3 is 15.4 Å². The van der Waals surface area contributed by atoms with E-state index in [1.807, 2.05) is 51.9 Å². The standard InChI is InChI=1S/C27H28FN7O/c28-22-5-3-4-19(12-22)15-35-25-8-7-23(13-21(25)14-31-35)33-27-26-20(9-11-34(26)32-18-30-27)16-36-17-24-6-1-2-10-29-24/h3-5,7-9,11-14,18,24,29H,1-2,6,10,15-17H2,(H,30,32,33). The van der Waals surface area contributed by atoms with Gasteiger partial charge in [-0.15, -0.1) is 0 Å². The number of ether oxygens (including phenoxy) is 1. The van der Waals surface area contributed by atoms with E-state index < -0.39 is 0 Å². The lowest BCUT2D eigenvalue weighted by Crippen LogP contribution is -2.37. The molecule has 4 heterocycles. The number of anilines is 2. The van der Waals surface area contributed by atoms with Gasteiger partial charge in [-0.25, -0.2) is 13.9 Å². The van der Waals surface area contributed by atoms with Crippen LogP contribution in [0.25, 0.3) is 16.4 Å². The molecule has 1 unspecified atom stereocenters. The summed E-state index contributed by atoms with van der Waals surface area (Å²) in [6, 6.07) is 15.1. The maximum absolute atomic E-state index is 13.6. The van der Waals surface area contributed by atoms with Crippen LogP contribution in [0.3, 0.4) is 0 Å². The molecule has 1 atom stereocenters. The molecule has 0 saturated carbocycles. The summed E-state index contributed by atoms with van der Waals surface area (Å²) in [7, 11) is 0. The Labute approximate surface area is 208 Å². The van der Waals surface area contributed by atoms with E-state index in [1.165, 1.54) is 25.0 Å². The Balaban J connectivity index is 1.20. The van der Waals surface area contributed by atoms with Crippen molar-refractivity contribution in [3.05, 3.63) is 84.2 Å². The van der Waals surface area contributed by atoms with Gasteiger partial charge in [-0.3, -0.25) is 4.68 Å². The lowest BCUT2D eigenvalue weighted by atomic mass is 10.1. The maximum atomic E-state index is 13.6. The van der Waals surface area contributed by atoms with Crippen LogP contribution in [0.2, 0.25) is 0 Å². The van der Waals surface area contributed by atoms with Crippen molar-refractivity contribution in [2.75, 3.05) is 18.5 Å². The highest BCUT2D eigenvalue weighted by atomic mass is 19.1. The van der Waals surface area contributed by atoms with Crippen LogP contribution in [0.15, 0.2) is 67.3 Å². The van der Waals surface area contributed by atoms with Gasteiger partial charge in [-0.2, -0.15) is 10.2 Å². The third-order valence-corrected chi connectivity index (χ3v) is 6.65. The number of piperidine rings is 1. The molecule has 2 aromatic carbocycles. The first-order valence-corrected chi connectivity index (χ1v) is 12.3. The zero-order chi connectivity index (χ0) is 24.3. The van der Waals surface area contributed by atoms with E-state index in [1.54, 1.807) is 12.4 Å². The first-order chi connectivity index (χ1) is 17.7. The quantitative estimate of drug-likeness (QED) is 0.333. The molecule has 0 spiro atoms. The largest absolute Gasteiger partial charge is 0.375 e. The molecule has 6 rings (SSSR count). The van der Waals surface area contributed by atoms with Crippen LogP contribution in [-0.2, 0) is 17.9 Å². The minimum Gasteiger partial charge on any atom is -0.375 e. The monoisotopic (exact) mass is 485 g/mol. The van der Waals surface area contributed by atoms with Gasteiger partial charge >= 0.3 is 0 Å². The molecule has 1 aliphatic rings. The predicted molar refractivity (Wildman–Crippen MR) is 137 cm³/mol. The van der Waals surface area contributed by atoms with E-state index in [2.05, 4.69) is 25.8 Å². The number of halogens is 1. The van der Waals surface area contributed by atoms with Gasteiger partial charge in [0.1, 0.15) is 17.7 Å². The minimum absolute atomic E-state index is 0.243. The third kappa shape index (κ3) is 4.80. The van der Waals surface area contributed by atoms with E-state index >= 15 is 0 Å². The van der Waals surface area contributed by atoms with E-state index in [0.29, 0.717) is 25.8 Å². The molecular formula is C27H28FN7O. The van der Waals surface area contributed by atoms with Gasteiger partial charge in [0.05, 0.1) is 31.5 Å². The Morgan fingerprint density at radius 1 is 1.11 bits per heavy atom. The summed E-state index contributed by atoms with van der Waals surface area (Å²) in [6.07, 6.45) is 8.96. The van der Waals surface area contributed by atoms with Crippen LogP contribution < -0.4 is 10.6 Å². The van der Waals surface area contributed by atoms with Crippen molar-refractivity contribution in [3.63, 3.8) is 0 Å². The van der Waals surface area contributed by atoms with Crippen molar-refractivity contribution >= 4 is 27.9 Å². The van der Waals surface area contributed by atoms with Gasteiger partial charge in [-0.1, -0.05) is 18.6 Å². The van der Waals surface area contributed by atoms with Crippen LogP contribution in [0.1, 0.15) is 30.4 Å². The average Bonchev–Trinajstić information content (AvgIpc) is 3.49. The normalized spacial score (nSPS) is 16.1. The molecule has 0 bridgehead atoms. The zero-order valence-corrected chi connectivity index (χ0v) is 19.9. The summed E-state index contributed by atoms with van der Waals surface area (Å²) in [5, 5.41) is 16.8. The second-order valence-electron chi connectivity index (χ2n) is 9.24. The second kappa shape index (κ2) is 10.0. The van der Waals surface area contributed by atoms with Crippen LogP contribution in [-0.4, -0.2) is 43.6 Å². The van der Waals surface area contributed by atoms with E-state index in [-0.39, 0.29) is 5.82 Å². The number of benzene rings is 2. The Kier molecular flexibility index (Phi) is 6.31. The Hall–Kier alpha value is -3.82. The molecule has 0 radical (unpaired) electrons. The smallest absolute Gasteiger partial charge is 0.158 e. The van der Waals surface area contributed by atoms with Gasteiger partial charge in [0.2, 0.25) is 0 Å². The highest BCUT2D eigenvalue weighted by molar-refractivity contribution is 5.85. The third-order valence-electron chi connectivity index (χ3n) is 6.65. The highest BCUT2D eigenvalue weighted by Crippen LogP contribution is 2.26. The highest BCUT2D eigenvalue weighted by Gasteiger charge is 2.15. The Morgan fingerprint density at radius 2 is 2.08 bits per heavy atom. The molecule has 0 amide bonds. The number of nitrogens with zero attached hydrogens (tertiary/aromatic N) is 5. The lowest BCUT2D eigenvalue weighted by Gasteiger charge is -2.23. The number of hydrogen-bond acceptors (Lipinski definition) is 6. The molecule has 1 aliphatic heterocycles. The summed E-state index contributed by atoms with van der Waals surface area (Å²) in [4.78, 5) is 4.52. The fourth-order valence-corrected chi connectivity index (χ4v) is 4.84. The van der Waals surface area contributed by atoms with Crippen molar-refractivity contribution in [1.29, 1.82) is 0 Å². The van der Waals surface area contributed by atoms with Crippen LogP contribution in [0.4, 0.5) is 15.9 Å². The zero-order valence-electron chi connectivity index (χ0n) is 19.9. The lowest BCUT2D eigenvalue weighted by molar-refractivity contribution is 0.0918. The van der Waals surface area contributed by atoms with Crippen molar-refractivity contribution in [2.24, 2.45) is 0 Å². The number of aromatic nitrogens is 5. The number of fused-ring (bicyclic) bond motifs is 2. The molecule has 8 nitrogen and oxygen atoms in total. The van der Waals surface area contributed by atoms with Crippen LogP contribution in [0.5, 0.6) is 0 Å². The molecule has 9 heteroatoms. The van der Waals surface area contributed by atoms with Crippen molar-refractivity contribution in [1.82, 2.24) is 29.7 Å². The van der Waals surface area contributed by atoms with E-state index in [4.69, 9.17) is 4.74 Å². The van der Waals surface area contributed by atoms with E-state index in [9.17, 15) is 4.39 Å². The molecule has 5 aromatic rings. The minimum atomic E-state index is -0.243. The van der Waals surface area contributed by atoms with Gasteiger partial charge in [0.15, 0.2) is 5.82 Å². The molecule has 3 aromatic heterocycles. The fourth-order valence-electron chi connectivity index (χ4n) is 4.84. The van der Waals surface area contributed by atoms with Crippen LogP contribution >= 0.6 is 0 Å². The summed E-state index contributed by atoms with van der Waals surface area (Å²) in [5.74, 6) is 0.475. The summed E-state index contributed by atoms with van der Waals surface area (Å²) in [6.45, 7) is 2.77. The van der Waals surface area contributed by atoms with Crippen molar-refractivity contribution in [2.45, 2.75) is 38.5 Å². The molecule has 1 saturated heterocycles. The summed E-state index contributed by atoms with van der Waals surface area (Å²) < 4.78 is 23.3. The number of nitrogens with one attached hydrogen (secondary N) is 2. The van der Waals surface area contributed by atoms with Gasteiger partial charge in [-0.05, 0) is 61.3 Å². The fraction of sp³-hybridized carbons (Fsp3) is 0.296. The van der Waals surface area contributed by atoms with E-state index in [0.717, 1.165) is 52.0 Å². The molecular weight excluding hydrogens is 457 g/mol. The second-order valence-corrected chi connectivity index (χ2v) is 9.24. The maximum Gasteiger partial charge on any atom is 0.158 e. The Morgan fingerprint density at radius 3 is 2.97 bits per heavy atom. The first-order valence-electron chi connectivity index (χ1n) is 12.3. The van der Waals surface area contributed by atoms with Gasteiger partial charge in [0.25, 0.3) is 0 Å². The average molecular weight is 486 g/mol. The first kappa shape index (κ1) is 22.6. The number of rotatable bonds is 8. The number of hydrogen-bond donors (Lipinski definition) is 2. The predicted octanol–water partition coefficient (Wildman–Crippen LogP) is 4.67. The summed E-state index contributed by atoms with van der Waals surface area (Å²) in [5.41, 5.74) is 4.68. The SMILES string of the molecule is Fc1cccc(Cn2ncc3cc(Nc4ncnn5ccc(COCC6CCCCN6)c45)ccc32)c1. The Bertz CT molecular complexity index is 1490. The summed E-state index contributed by atoms with van der Waals surface area (Å²) >= 11 is 0. The van der Waals surface area contributed by atoms with Crippen molar-refractivity contribution in [3.8, 4) is 0 Å². The molecule has 1 fully saturated rings. The molecule has 36 heavy (non-hydrogen) atoms.